The summed E-state index contributed by atoms with van der Waals surface area (Å²) in [6.45, 7) is 1.96. The van der Waals surface area contributed by atoms with Gasteiger partial charge >= 0.3 is 5.97 Å². The van der Waals surface area contributed by atoms with Crippen LogP contribution in [0.15, 0.2) is 83.8 Å². The smallest absolute Gasteiger partial charge is 0.336 e. The van der Waals surface area contributed by atoms with Crippen LogP contribution in [0.2, 0.25) is 0 Å². The van der Waals surface area contributed by atoms with Gasteiger partial charge in [0.2, 0.25) is 0 Å². The highest BCUT2D eigenvalue weighted by atomic mass is 32.2. The summed E-state index contributed by atoms with van der Waals surface area (Å²) in [7, 11) is 3.09. The average molecular weight is 532 g/mol. The molecule has 0 unspecified atom stereocenters. The van der Waals surface area contributed by atoms with E-state index in [1.54, 1.807) is 42.4 Å². The first-order valence-corrected chi connectivity index (χ1v) is 12.7. The van der Waals surface area contributed by atoms with Crippen LogP contribution in [0, 0.1) is 0 Å². The van der Waals surface area contributed by atoms with Crippen LogP contribution in [0.4, 0.5) is 0 Å². The van der Waals surface area contributed by atoms with Crippen molar-refractivity contribution >= 4 is 52.3 Å². The first-order valence-electron chi connectivity index (χ1n) is 11.4. The van der Waals surface area contributed by atoms with Crippen LogP contribution >= 0.6 is 24.0 Å². The molecule has 0 aromatic heterocycles. The molecule has 4 rings (SSSR count). The number of thioether (sulfide) groups is 1. The molecule has 1 fully saturated rings. The van der Waals surface area contributed by atoms with Crippen LogP contribution in [0.25, 0.3) is 12.2 Å². The van der Waals surface area contributed by atoms with E-state index in [0.717, 1.165) is 22.4 Å². The average Bonchev–Trinajstić information content (AvgIpc) is 3.20. The van der Waals surface area contributed by atoms with Gasteiger partial charge in [-0.3, -0.25) is 9.69 Å². The quantitative estimate of drug-likeness (QED) is 0.147. The summed E-state index contributed by atoms with van der Waals surface area (Å²) in [6, 6.07) is 22.0. The van der Waals surface area contributed by atoms with Crippen molar-refractivity contribution in [1.82, 2.24) is 4.90 Å². The Morgan fingerprint density at radius 2 is 1.65 bits per heavy atom. The largest absolute Gasteiger partial charge is 0.497 e. The molecule has 0 radical (unpaired) electrons. The number of esters is 1. The van der Waals surface area contributed by atoms with E-state index in [-0.39, 0.29) is 17.7 Å². The standard InChI is InChI=1S/C29H25NO5S2/c1-19(22-7-5-4-6-8-22)30-28(32)26(37-29(30)36)18-21-11-15-24(25(17-21)34-3)35-27(31)16-12-20-9-13-23(33-2)14-10-20/h4-19H,1-3H3/b16-12+,26-18-/t19-/m0/s1. The fourth-order valence-corrected chi connectivity index (χ4v) is 5.14. The molecule has 0 N–H and O–H groups in total. The van der Waals surface area contributed by atoms with E-state index in [1.807, 2.05) is 61.5 Å². The zero-order valence-corrected chi connectivity index (χ0v) is 22.2. The van der Waals surface area contributed by atoms with Gasteiger partial charge in [0.25, 0.3) is 5.91 Å². The molecular formula is C29H25NO5S2. The maximum Gasteiger partial charge on any atom is 0.336 e. The fraction of sp³-hybridized carbons (Fsp3) is 0.138. The molecule has 1 aliphatic rings. The number of hydrogen-bond acceptors (Lipinski definition) is 7. The highest BCUT2D eigenvalue weighted by Crippen LogP contribution is 2.39. The lowest BCUT2D eigenvalue weighted by molar-refractivity contribution is -0.129. The Bertz CT molecular complexity index is 1370. The minimum absolute atomic E-state index is 0.149. The Balaban J connectivity index is 1.47. The van der Waals surface area contributed by atoms with E-state index >= 15 is 0 Å². The summed E-state index contributed by atoms with van der Waals surface area (Å²) < 4.78 is 16.5. The van der Waals surface area contributed by atoms with Gasteiger partial charge in [0.05, 0.1) is 25.2 Å². The van der Waals surface area contributed by atoms with E-state index in [9.17, 15) is 9.59 Å². The molecule has 8 heteroatoms. The van der Waals surface area contributed by atoms with Gasteiger partial charge in [0, 0.05) is 6.08 Å². The van der Waals surface area contributed by atoms with Crippen molar-refractivity contribution in [2.45, 2.75) is 13.0 Å². The van der Waals surface area contributed by atoms with Crippen LogP contribution in [-0.4, -0.2) is 35.3 Å². The number of thiocarbonyl (C=S) groups is 1. The lowest BCUT2D eigenvalue weighted by atomic mass is 10.1. The number of nitrogens with zero attached hydrogens (tertiary/aromatic N) is 1. The van der Waals surface area contributed by atoms with Crippen molar-refractivity contribution < 1.29 is 23.8 Å². The summed E-state index contributed by atoms with van der Waals surface area (Å²) >= 11 is 6.77. The highest BCUT2D eigenvalue weighted by molar-refractivity contribution is 8.26. The predicted molar refractivity (Wildman–Crippen MR) is 151 cm³/mol. The van der Waals surface area contributed by atoms with Crippen LogP contribution in [-0.2, 0) is 9.59 Å². The topological polar surface area (TPSA) is 65.1 Å². The van der Waals surface area contributed by atoms with Crippen molar-refractivity contribution in [2.75, 3.05) is 14.2 Å². The van der Waals surface area contributed by atoms with Crippen LogP contribution < -0.4 is 14.2 Å². The Labute approximate surface area is 225 Å². The molecule has 0 bridgehead atoms. The molecule has 0 aliphatic carbocycles. The third-order valence-corrected chi connectivity index (χ3v) is 7.05. The van der Waals surface area contributed by atoms with Crippen molar-refractivity contribution in [2.24, 2.45) is 0 Å². The Hall–Kier alpha value is -3.88. The first kappa shape index (κ1) is 26.2. The van der Waals surface area contributed by atoms with E-state index in [2.05, 4.69) is 0 Å². The monoisotopic (exact) mass is 531 g/mol. The fourth-order valence-electron chi connectivity index (χ4n) is 3.73. The van der Waals surface area contributed by atoms with E-state index < -0.39 is 5.97 Å². The zero-order chi connectivity index (χ0) is 26.4. The van der Waals surface area contributed by atoms with Gasteiger partial charge in [-0.05, 0) is 60.0 Å². The molecule has 1 atom stereocenters. The Morgan fingerprint density at radius 1 is 0.946 bits per heavy atom. The molecule has 1 saturated heterocycles. The number of hydrogen-bond donors (Lipinski definition) is 0. The summed E-state index contributed by atoms with van der Waals surface area (Å²) in [5.74, 6) is 0.682. The van der Waals surface area contributed by atoms with Crippen LogP contribution in [0.5, 0.6) is 17.2 Å². The number of benzene rings is 3. The SMILES string of the molecule is COc1ccc(/C=C/C(=O)Oc2ccc(/C=C3\SC(=S)N([C@@H](C)c4ccccc4)C3=O)cc2OC)cc1. The minimum Gasteiger partial charge on any atom is -0.497 e. The number of ether oxygens (including phenoxy) is 3. The predicted octanol–water partition coefficient (Wildman–Crippen LogP) is 6.29. The maximum absolute atomic E-state index is 13.2. The number of amides is 1. The lowest BCUT2D eigenvalue weighted by Crippen LogP contribution is -2.30. The summed E-state index contributed by atoms with van der Waals surface area (Å²) in [4.78, 5) is 27.7. The molecule has 1 aliphatic heterocycles. The summed E-state index contributed by atoms with van der Waals surface area (Å²) in [5, 5.41) is 0. The van der Waals surface area contributed by atoms with Crippen molar-refractivity contribution in [3.05, 3.63) is 100 Å². The van der Waals surface area contributed by atoms with Gasteiger partial charge in [0.15, 0.2) is 11.5 Å². The second-order valence-corrected chi connectivity index (χ2v) is 9.75. The maximum atomic E-state index is 13.2. The Morgan fingerprint density at radius 3 is 2.32 bits per heavy atom. The first-order chi connectivity index (χ1) is 17.9. The molecule has 1 amide bonds. The zero-order valence-electron chi connectivity index (χ0n) is 20.5. The lowest BCUT2D eigenvalue weighted by Gasteiger charge is -2.23. The number of carbonyl (C=O) groups is 2. The molecule has 6 nitrogen and oxygen atoms in total. The van der Waals surface area contributed by atoms with Crippen LogP contribution in [0.3, 0.4) is 0 Å². The molecule has 0 saturated carbocycles. The second kappa shape index (κ2) is 11.9. The molecule has 0 spiro atoms. The molecule has 3 aromatic rings. The third kappa shape index (κ3) is 6.28. The van der Waals surface area contributed by atoms with Gasteiger partial charge in [0.1, 0.15) is 10.1 Å². The van der Waals surface area contributed by atoms with E-state index in [0.29, 0.717) is 15.0 Å². The van der Waals surface area contributed by atoms with E-state index in [1.165, 1.54) is 24.9 Å². The van der Waals surface area contributed by atoms with Gasteiger partial charge in [-0.1, -0.05) is 72.5 Å². The molecular weight excluding hydrogens is 506 g/mol. The minimum atomic E-state index is -0.544. The van der Waals surface area contributed by atoms with Crippen molar-refractivity contribution in [3.63, 3.8) is 0 Å². The Kier molecular flexibility index (Phi) is 8.43. The normalized spacial score (nSPS) is 15.3. The summed E-state index contributed by atoms with van der Waals surface area (Å²) in [5.41, 5.74) is 2.56. The molecule has 1 heterocycles. The molecule has 188 valence electrons. The van der Waals surface area contributed by atoms with E-state index in [4.69, 9.17) is 26.4 Å². The van der Waals surface area contributed by atoms with Crippen LogP contribution in [0.1, 0.15) is 29.7 Å². The molecule has 3 aromatic carbocycles. The van der Waals surface area contributed by atoms with Gasteiger partial charge in [-0.25, -0.2) is 4.79 Å². The molecule has 37 heavy (non-hydrogen) atoms. The number of methoxy groups -OCH3 is 2. The number of rotatable bonds is 8. The van der Waals surface area contributed by atoms with Gasteiger partial charge in [-0.2, -0.15) is 0 Å². The van der Waals surface area contributed by atoms with Crippen molar-refractivity contribution in [1.29, 1.82) is 0 Å². The highest BCUT2D eigenvalue weighted by Gasteiger charge is 2.35. The third-order valence-electron chi connectivity index (χ3n) is 5.72. The number of carbonyl (C=O) groups excluding carboxylic acids is 2. The van der Waals surface area contributed by atoms with Gasteiger partial charge in [-0.15, -0.1) is 0 Å². The summed E-state index contributed by atoms with van der Waals surface area (Å²) in [6.07, 6.45) is 4.75. The van der Waals surface area contributed by atoms with Crippen molar-refractivity contribution in [3.8, 4) is 17.2 Å². The van der Waals surface area contributed by atoms with Gasteiger partial charge < -0.3 is 14.2 Å². The second-order valence-electron chi connectivity index (χ2n) is 8.08.